The molecule has 74 valence electrons. The van der Waals surface area contributed by atoms with Crippen molar-refractivity contribution in [1.29, 1.82) is 5.26 Å². The molecule has 15 heavy (non-hydrogen) atoms. The number of hydrogen-bond donors (Lipinski definition) is 1. The second-order valence-corrected chi connectivity index (χ2v) is 3.62. The van der Waals surface area contributed by atoms with Crippen molar-refractivity contribution in [3.63, 3.8) is 0 Å². The summed E-state index contributed by atoms with van der Waals surface area (Å²) in [4.78, 5) is 18.3. The highest BCUT2D eigenvalue weighted by molar-refractivity contribution is 5.86. The average Bonchev–Trinajstić information content (AvgIpc) is 2.76. The molecule has 3 rings (SSSR count). The topological polar surface area (TPSA) is 74.5 Å². The lowest BCUT2D eigenvalue weighted by molar-refractivity contribution is 0.743. The highest BCUT2D eigenvalue weighted by Gasteiger charge is 2.23. The first-order valence-corrected chi connectivity index (χ1v) is 4.82. The Morgan fingerprint density at radius 3 is 3.27 bits per heavy atom. The maximum absolute atomic E-state index is 11.6. The van der Waals surface area contributed by atoms with Crippen molar-refractivity contribution in [1.82, 2.24) is 14.5 Å². The highest BCUT2D eigenvalue weighted by atomic mass is 16.1. The van der Waals surface area contributed by atoms with E-state index in [0.29, 0.717) is 16.6 Å². The van der Waals surface area contributed by atoms with Gasteiger partial charge in [0.25, 0.3) is 5.56 Å². The Morgan fingerprint density at radius 2 is 2.47 bits per heavy atom. The minimum atomic E-state index is -0.146. The molecule has 0 saturated heterocycles. The fourth-order valence-electron chi connectivity index (χ4n) is 2.27. The summed E-state index contributed by atoms with van der Waals surface area (Å²) in [6.07, 6.45) is 3.20. The van der Waals surface area contributed by atoms with E-state index >= 15 is 0 Å². The smallest absolute Gasteiger partial charge is 0.260 e. The quantitative estimate of drug-likeness (QED) is 0.674. The predicted molar refractivity (Wildman–Crippen MR) is 53.4 cm³/mol. The van der Waals surface area contributed by atoms with Crippen molar-refractivity contribution >= 4 is 10.9 Å². The van der Waals surface area contributed by atoms with Crippen LogP contribution in [0.4, 0.5) is 0 Å². The monoisotopic (exact) mass is 200 g/mol. The fourth-order valence-corrected chi connectivity index (χ4v) is 2.27. The van der Waals surface area contributed by atoms with Gasteiger partial charge in [0.15, 0.2) is 0 Å². The van der Waals surface area contributed by atoms with Gasteiger partial charge in [0.1, 0.15) is 17.3 Å². The van der Waals surface area contributed by atoms with Gasteiger partial charge in [-0.1, -0.05) is 0 Å². The Hall–Kier alpha value is -2.09. The van der Waals surface area contributed by atoms with Gasteiger partial charge in [0, 0.05) is 12.2 Å². The third-order valence-corrected chi connectivity index (χ3v) is 2.86. The molecular formula is C10H8N4O. The van der Waals surface area contributed by atoms with Gasteiger partial charge in [0.05, 0.1) is 11.7 Å². The van der Waals surface area contributed by atoms with Crippen molar-refractivity contribution in [3.8, 4) is 6.07 Å². The third kappa shape index (κ3) is 0.907. The molecule has 0 aliphatic carbocycles. The van der Waals surface area contributed by atoms with Crippen LogP contribution in [-0.2, 0) is 13.0 Å². The van der Waals surface area contributed by atoms with E-state index in [2.05, 4.69) is 16.0 Å². The number of nitriles is 1. The van der Waals surface area contributed by atoms with E-state index in [-0.39, 0.29) is 5.56 Å². The lowest BCUT2D eigenvalue weighted by atomic mass is 10.2. The van der Waals surface area contributed by atoms with Gasteiger partial charge < -0.3 is 9.55 Å². The predicted octanol–water partition coefficient (Wildman–Crippen LogP) is 0.542. The zero-order chi connectivity index (χ0) is 10.4. The average molecular weight is 200 g/mol. The number of hydrogen-bond acceptors (Lipinski definition) is 3. The van der Waals surface area contributed by atoms with Crippen molar-refractivity contribution in [2.45, 2.75) is 19.4 Å². The third-order valence-electron chi connectivity index (χ3n) is 2.86. The van der Waals surface area contributed by atoms with Crippen molar-refractivity contribution < 1.29 is 0 Å². The Labute approximate surface area is 85.0 Å². The Kier molecular flexibility index (Phi) is 1.48. The molecule has 1 aliphatic rings. The van der Waals surface area contributed by atoms with E-state index in [0.717, 1.165) is 25.1 Å². The van der Waals surface area contributed by atoms with Crippen LogP contribution in [0.25, 0.3) is 10.9 Å². The van der Waals surface area contributed by atoms with E-state index in [1.54, 1.807) is 0 Å². The number of fused-ring (bicyclic) bond motifs is 3. The van der Waals surface area contributed by atoms with Gasteiger partial charge in [-0.2, -0.15) is 5.26 Å². The molecule has 2 aromatic heterocycles. The number of aryl methyl sites for hydroxylation is 1. The Bertz CT molecular complexity index is 644. The zero-order valence-electron chi connectivity index (χ0n) is 7.95. The van der Waals surface area contributed by atoms with Gasteiger partial charge in [-0.3, -0.25) is 4.79 Å². The van der Waals surface area contributed by atoms with Gasteiger partial charge in [0.2, 0.25) is 0 Å². The van der Waals surface area contributed by atoms with Crippen molar-refractivity contribution in [3.05, 3.63) is 28.1 Å². The van der Waals surface area contributed by atoms with Crippen LogP contribution in [0.1, 0.15) is 17.8 Å². The molecule has 0 aromatic carbocycles. The number of rotatable bonds is 0. The molecule has 0 amide bonds. The largest absolute Gasteiger partial charge is 0.334 e. The van der Waals surface area contributed by atoms with Crippen LogP contribution in [0.2, 0.25) is 0 Å². The van der Waals surface area contributed by atoms with Crippen LogP contribution in [0, 0.1) is 11.3 Å². The summed E-state index contributed by atoms with van der Waals surface area (Å²) in [5.74, 6) is 0. The normalized spacial score (nSPS) is 14.1. The fraction of sp³-hybridized carbons (Fsp3) is 0.300. The van der Waals surface area contributed by atoms with Crippen molar-refractivity contribution in [2.24, 2.45) is 0 Å². The molecule has 0 unspecified atom stereocenters. The highest BCUT2D eigenvalue weighted by Crippen LogP contribution is 2.26. The second-order valence-electron chi connectivity index (χ2n) is 3.62. The molecule has 2 aromatic rings. The molecule has 0 bridgehead atoms. The summed E-state index contributed by atoms with van der Waals surface area (Å²) in [6.45, 7) is 0.814. The van der Waals surface area contributed by atoms with E-state index < -0.39 is 0 Å². The molecule has 1 aliphatic heterocycles. The first kappa shape index (κ1) is 8.24. The molecule has 5 nitrogen and oxygen atoms in total. The minimum absolute atomic E-state index is 0.146. The molecule has 0 radical (unpaired) electrons. The summed E-state index contributed by atoms with van der Waals surface area (Å²) in [6, 6.07) is 2.13. The number of nitrogens with zero attached hydrogens (tertiary/aromatic N) is 3. The van der Waals surface area contributed by atoms with Gasteiger partial charge in [-0.25, -0.2) is 4.98 Å². The summed E-state index contributed by atoms with van der Waals surface area (Å²) < 4.78 is 1.91. The summed E-state index contributed by atoms with van der Waals surface area (Å²) in [5, 5.41) is 9.65. The first-order chi connectivity index (χ1) is 7.33. The maximum Gasteiger partial charge on any atom is 0.260 e. The van der Waals surface area contributed by atoms with Crippen LogP contribution in [-0.4, -0.2) is 14.5 Å². The molecular weight excluding hydrogens is 192 g/mol. The molecule has 1 N–H and O–H groups in total. The van der Waals surface area contributed by atoms with E-state index in [9.17, 15) is 4.79 Å². The van der Waals surface area contributed by atoms with Crippen molar-refractivity contribution in [2.75, 3.05) is 0 Å². The van der Waals surface area contributed by atoms with Gasteiger partial charge in [-0.15, -0.1) is 0 Å². The summed E-state index contributed by atoms with van der Waals surface area (Å²) in [7, 11) is 0. The lowest BCUT2D eigenvalue weighted by Gasteiger charge is -1.95. The number of aromatic nitrogens is 3. The summed E-state index contributed by atoms with van der Waals surface area (Å²) >= 11 is 0. The molecule has 5 heteroatoms. The lowest BCUT2D eigenvalue weighted by Crippen LogP contribution is -2.06. The van der Waals surface area contributed by atoms with Crippen LogP contribution < -0.4 is 5.56 Å². The number of aromatic amines is 1. The van der Waals surface area contributed by atoms with E-state index in [4.69, 9.17) is 5.26 Å². The number of nitrogens with one attached hydrogen (secondary N) is 1. The van der Waals surface area contributed by atoms with Gasteiger partial charge >= 0.3 is 0 Å². The minimum Gasteiger partial charge on any atom is -0.334 e. The van der Waals surface area contributed by atoms with Crippen LogP contribution in [0.15, 0.2) is 11.1 Å². The maximum atomic E-state index is 11.6. The molecule has 0 atom stereocenters. The second kappa shape index (κ2) is 2.70. The van der Waals surface area contributed by atoms with E-state index in [1.807, 2.05) is 4.57 Å². The molecule has 0 fully saturated rings. The molecule has 0 spiro atoms. The number of H-pyrrole nitrogens is 1. The van der Waals surface area contributed by atoms with Crippen LogP contribution in [0.5, 0.6) is 0 Å². The molecule has 0 saturated carbocycles. The van der Waals surface area contributed by atoms with Gasteiger partial charge in [-0.05, 0) is 12.8 Å². The molecule has 3 heterocycles. The summed E-state index contributed by atoms with van der Waals surface area (Å²) in [5.41, 5.74) is 1.86. The van der Waals surface area contributed by atoms with Crippen LogP contribution >= 0.6 is 0 Å². The SMILES string of the molecule is N#Cc1c2nc[nH]c(=O)c2c2n1CCC2. The Morgan fingerprint density at radius 1 is 1.60 bits per heavy atom. The Balaban J connectivity index is 2.59. The van der Waals surface area contributed by atoms with E-state index in [1.165, 1.54) is 6.33 Å². The zero-order valence-corrected chi connectivity index (χ0v) is 7.95. The van der Waals surface area contributed by atoms with Crippen LogP contribution in [0.3, 0.4) is 0 Å². The first-order valence-electron chi connectivity index (χ1n) is 4.82. The standard InChI is InChI=1S/C10H8N4O/c11-4-7-9-8(10(15)13-5-12-9)6-2-1-3-14(6)7/h5H,1-3H2,(H,12,13,15).